The van der Waals surface area contributed by atoms with Gasteiger partial charge >= 0.3 is 0 Å². The highest BCUT2D eigenvalue weighted by molar-refractivity contribution is 7.99. The number of hydrogen-bond donors (Lipinski definition) is 1. The number of nitrogens with one attached hydrogen (secondary N) is 1. The fourth-order valence-electron chi connectivity index (χ4n) is 3.06. The summed E-state index contributed by atoms with van der Waals surface area (Å²) in [5, 5.41) is 12.4. The molecule has 3 aromatic rings. The summed E-state index contributed by atoms with van der Waals surface area (Å²) in [5.41, 5.74) is 2.80. The van der Waals surface area contributed by atoms with Crippen molar-refractivity contribution < 1.29 is 14.3 Å². The molecule has 1 atom stereocenters. The number of aromatic nitrogens is 3. The molecule has 4 rings (SSSR count). The summed E-state index contributed by atoms with van der Waals surface area (Å²) in [6, 6.07) is 11.3. The number of carbonyl (C=O) groups is 1. The van der Waals surface area contributed by atoms with Crippen molar-refractivity contribution in [3.05, 3.63) is 58.9 Å². The van der Waals surface area contributed by atoms with Gasteiger partial charge < -0.3 is 14.8 Å². The molecular formula is C21H21ClN4O3S. The van der Waals surface area contributed by atoms with Crippen LogP contribution in [0.15, 0.2) is 47.9 Å². The third-order valence-electron chi connectivity index (χ3n) is 4.73. The normalized spacial score (nSPS) is 13.7. The van der Waals surface area contributed by atoms with E-state index in [0.717, 1.165) is 22.6 Å². The van der Waals surface area contributed by atoms with E-state index in [2.05, 4.69) is 15.5 Å². The summed E-state index contributed by atoms with van der Waals surface area (Å²) in [6.07, 6.45) is 1.61. The summed E-state index contributed by atoms with van der Waals surface area (Å²) in [6.45, 7) is 4.96. The molecule has 156 valence electrons. The van der Waals surface area contributed by atoms with Crippen molar-refractivity contribution in [2.24, 2.45) is 0 Å². The molecule has 1 N–H and O–H groups in total. The average Bonchev–Trinajstić information content (AvgIpc) is 3.22. The molecule has 1 aliphatic heterocycles. The largest absolute Gasteiger partial charge is 0.486 e. The number of amides is 1. The molecule has 0 bridgehead atoms. The predicted molar refractivity (Wildman–Crippen MR) is 116 cm³/mol. The van der Waals surface area contributed by atoms with E-state index >= 15 is 0 Å². The fourth-order valence-corrected chi connectivity index (χ4v) is 3.97. The van der Waals surface area contributed by atoms with Crippen molar-refractivity contribution in [3.63, 3.8) is 0 Å². The van der Waals surface area contributed by atoms with Gasteiger partial charge in [0.1, 0.15) is 19.5 Å². The number of aryl methyl sites for hydroxylation is 1. The molecule has 0 spiro atoms. The molecule has 2 heterocycles. The Bertz CT molecular complexity index is 1070. The minimum Gasteiger partial charge on any atom is -0.486 e. The van der Waals surface area contributed by atoms with Crippen LogP contribution in [0.25, 0.3) is 5.69 Å². The second-order valence-corrected chi connectivity index (χ2v) is 8.25. The maximum Gasteiger partial charge on any atom is 0.230 e. The molecule has 0 aliphatic carbocycles. The topological polar surface area (TPSA) is 78.3 Å². The van der Waals surface area contributed by atoms with Gasteiger partial charge in [-0.15, -0.1) is 10.2 Å². The van der Waals surface area contributed by atoms with Crippen LogP contribution in [-0.2, 0) is 4.79 Å². The molecule has 0 saturated heterocycles. The maximum absolute atomic E-state index is 12.5. The minimum absolute atomic E-state index is 0.0983. The zero-order valence-corrected chi connectivity index (χ0v) is 18.2. The van der Waals surface area contributed by atoms with Gasteiger partial charge in [0.15, 0.2) is 16.7 Å². The first-order valence-corrected chi connectivity index (χ1v) is 10.9. The molecule has 0 fully saturated rings. The summed E-state index contributed by atoms with van der Waals surface area (Å²) in [5.74, 6) is 1.56. The quantitative estimate of drug-likeness (QED) is 0.579. The summed E-state index contributed by atoms with van der Waals surface area (Å²) in [7, 11) is 0. The molecule has 9 heteroatoms. The molecule has 1 aromatic heterocycles. The summed E-state index contributed by atoms with van der Waals surface area (Å²) < 4.78 is 13.0. The highest BCUT2D eigenvalue weighted by Crippen LogP contribution is 2.32. The van der Waals surface area contributed by atoms with Gasteiger partial charge in [-0.05, 0) is 49.2 Å². The maximum atomic E-state index is 12.5. The average molecular weight is 445 g/mol. The van der Waals surface area contributed by atoms with Crippen LogP contribution >= 0.6 is 23.4 Å². The van der Waals surface area contributed by atoms with Gasteiger partial charge in [0.05, 0.1) is 17.5 Å². The van der Waals surface area contributed by atoms with Gasteiger partial charge in [-0.3, -0.25) is 9.36 Å². The van der Waals surface area contributed by atoms with E-state index in [4.69, 9.17) is 21.1 Å². The molecule has 1 unspecified atom stereocenters. The SMILES string of the molecule is Cc1ccc(-n2cnnc2SCC(=O)NC(C)c2ccc3c(c2)OCCO3)cc1Cl. The number of thioether (sulfide) groups is 1. The van der Waals surface area contributed by atoms with Crippen molar-refractivity contribution in [1.29, 1.82) is 0 Å². The van der Waals surface area contributed by atoms with Crippen LogP contribution in [0.5, 0.6) is 11.5 Å². The number of ether oxygens (including phenoxy) is 2. The number of hydrogen-bond acceptors (Lipinski definition) is 6. The van der Waals surface area contributed by atoms with E-state index in [0.29, 0.717) is 29.1 Å². The number of halogens is 1. The third-order valence-corrected chi connectivity index (χ3v) is 6.08. The molecule has 30 heavy (non-hydrogen) atoms. The second kappa shape index (κ2) is 8.97. The lowest BCUT2D eigenvalue weighted by Gasteiger charge is -2.21. The van der Waals surface area contributed by atoms with Crippen LogP contribution in [0.2, 0.25) is 5.02 Å². The van der Waals surface area contributed by atoms with Crippen LogP contribution in [0.4, 0.5) is 0 Å². The first kappa shape index (κ1) is 20.6. The molecule has 1 amide bonds. The van der Waals surface area contributed by atoms with Gasteiger partial charge in [0, 0.05) is 5.02 Å². The molecule has 7 nitrogen and oxygen atoms in total. The second-order valence-electron chi connectivity index (χ2n) is 6.90. The van der Waals surface area contributed by atoms with Crippen molar-refractivity contribution in [2.75, 3.05) is 19.0 Å². The number of rotatable bonds is 6. The number of carbonyl (C=O) groups excluding carboxylic acids is 1. The monoisotopic (exact) mass is 444 g/mol. The Morgan fingerprint density at radius 1 is 1.23 bits per heavy atom. The van der Waals surface area contributed by atoms with Crippen LogP contribution in [0, 0.1) is 6.92 Å². The molecule has 2 aromatic carbocycles. The number of nitrogens with zero attached hydrogens (tertiary/aromatic N) is 3. The van der Waals surface area contributed by atoms with Crippen molar-refractivity contribution in [1.82, 2.24) is 20.1 Å². The van der Waals surface area contributed by atoms with Gasteiger partial charge in [-0.2, -0.15) is 0 Å². The Kier molecular flexibility index (Phi) is 6.15. The lowest BCUT2D eigenvalue weighted by Crippen LogP contribution is -2.28. The minimum atomic E-state index is -0.164. The Labute approximate surface area is 183 Å². The lowest BCUT2D eigenvalue weighted by molar-refractivity contribution is -0.119. The molecule has 0 radical (unpaired) electrons. The van der Waals surface area contributed by atoms with Crippen LogP contribution in [0.3, 0.4) is 0 Å². The van der Waals surface area contributed by atoms with Crippen LogP contribution in [-0.4, -0.2) is 39.6 Å². The Morgan fingerprint density at radius 2 is 2.03 bits per heavy atom. The fraction of sp³-hybridized carbons (Fsp3) is 0.286. The zero-order chi connectivity index (χ0) is 21.1. The van der Waals surface area contributed by atoms with Crippen molar-refractivity contribution in [3.8, 4) is 17.2 Å². The highest BCUT2D eigenvalue weighted by Gasteiger charge is 2.17. The highest BCUT2D eigenvalue weighted by atomic mass is 35.5. The standard InChI is InChI=1S/C21H21ClN4O3S/c1-13-3-5-16(10-17(13)22)26-12-23-25-21(26)30-11-20(27)24-14(2)15-4-6-18-19(9-15)29-8-7-28-18/h3-6,9-10,12,14H,7-8,11H2,1-2H3,(H,24,27). The number of fused-ring (bicyclic) bond motifs is 1. The molecule has 0 saturated carbocycles. The predicted octanol–water partition coefficient (Wildman–Crippen LogP) is 3.97. The Morgan fingerprint density at radius 3 is 2.83 bits per heavy atom. The lowest BCUT2D eigenvalue weighted by atomic mass is 10.1. The van der Waals surface area contributed by atoms with E-state index in [-0.39, 0.29) is 17.7 Å². The van der Waals surface area contributed by atoms with Crippen molar-refractivity contribution >= 4 is 29.3 Å². The summed E-state index contributed by atoms with van der Waals surface area (Å²) in [4.78, 5) is 12.5. The van der Waals surface area contributed by atoms with Gasteiger partial charge in [0.2, 0.25) is 5.91 Å². The van der Waals surface area contributed by atoms with E-state index in [1.807, 2.05) is 54.8 Å². The molecular weight excluding hydrogens is 424 g/mol. The molecule has 1 aliphatic rings. The Balaban J connectivity index is 1.37. The van der Waals surface area contributed by atoms with E-state index in [1.165, 1.54) is 11.8 Å². The van der Waals surface area contributed by atoms with Gasteiger partial charge in [-0.25, -0.2) is 0 Å². The van der Waals surface area contributed by atoms with E-state index in [1.54, 1.807) is 6.33 Å². The first-order valence-electron chi connectivity index (χ1n) is 9.49. The van der Waals surface area contributed by atoms with E-state index in [9.17, 15) is 4.79 Å². The summed E-state index contributed by atoms with van der Waals surface area (Å²) >= 11 is 7.54. The number of benzene rings is 2. The van der Waals surface area contributed by atoms with Crippen LogP contribution in [0.1, 0.15) is 24.1 Å². The zero-order valence-electron chi connectivity index (χ0n) is 16.6. The van der Waals surface area contributed by atoms with Crippen molar-refractivity contribution in [2.45, 2.75) is 25.0 Å². The third kappa shape index (κ3) is 4.55. The van der Waals surface area contributed by atoms with Gasteiger partial charge in [0.25, 0.3) is 0 Å². The first-order chi connectivity index (χ1) is 14.5. The van der Waals surface area contributed by atoms with Crippen LogP contribution < -0.4 is 14.8 Å². The van der Waals surface area contributed by atoms with E-state index < -0.39 is 0 Å². The van der Waals surface area contributed by atoms with Gasteiger partial charge in [-0.1, -0.05) is 35.5 Å². The smallest absolute Gasteiger partial charge is 0.230 e. The Hall–Kier alpha value is -2.71.